The molecule has 156 valence electrons. The maximum absolute atomic E-state index is 12.6. The molecule has 1 N–H and O–H groups in total. The van der Waals surface area contributed by atoms with Crippen LogP contribution in [0.3, 0.4) is 0 Å². The monoisotopic (exact) mass is 415 g/mol. The summed E-state index contributed by atoms with van der Waals surface area (Å²) in [7, 11) is -3.01. The minimum atomic E-state index is -3.01. The van der Waals surface area contributed by atoms with Gasteiger partial charge in [-0.3, -0.25) is 4.79 Å². The van der Waals surface area contributed by atoms with Crippen LogP contribution in [-0.4, -0.2) is 54.8 Å². The molecule has 1 atom stereocenters. The predicted octanol–water partition coefficient (Wildman–Crippen LogP) is 3.12. The number of anilines is 1. The Hall–Kier alpha value is -2.41. The zero-order valence-electron chi connectivity index (χ0n) is 17.3. The molecule has 6 nitrogen and oxygen atoms in total. The second-order valence-corrected chi connectivity index (χ2v) is 10.7. The van der Waals surface area contributed by atoms with Crippen molar-refractivity contribution in [3.05, 3.63) is 59.8 Å². The van der Waals surface area contributed by atoms with Gasteiger partial charge in [0.1, 0.15) is 5.82 Å². The van der Waals surface area contributed by atoms with E-state index in [0.29, 0.717) is 5.56 Å². The second-order valence-electron chi connectivity index (χ2n) is 8.38. The number of carbonyl (C=O) groups excluding carboxylic acids is 1. The zero-order valence-corrected chi connectivity index (χ0v) is 18.1. The average molecular weight is 416 g/mol. The fraction of sp³-hybridized carbons (Fsp3) is 0.455. The van der Waals surface area contributed by atoms with E-state index in [1.807, 2.05) is 6.07 Å². The molecule has 0 saturated carbocycles. The van der Waals surface area contributed by atoms with Crippen LogP contribution in [-0.2, 0) is 15.3 Å². The van der Waals surface area contributed by atoms with Crippen molar-refractivity contribution in [2.24, 2.45) is 0 Å². The summed E-state index contributed by atoms with van der Waals surface area (Å²) in [5.74, 6) is 0.609. The van der Waals surface area contributed by atoms with Crippen molar-refractivity contribution in [3.63, 3.8) is 0 Å². The molecular weight excluding hydrogens is 386 g/mol. The minimum Gasteiger partial charge on any atom is -0.368 e. The van der Waals surface area contributed by atoms with Gasteiger partial charge < -0.3 is 10.2 Å². The van der Waals surface area contributed by atoms with Gasteiger partial charge in [0.15, 0.2) is 9.84 Å². The highest BCUT2D eigenvalue weighted by Gasteiger charge is 2.26. The highest BCUT2D eigenvalue weighted by atomic mass is 32.2. The van der Waals surface area contributed by atoms with Gasteiger partial charge in [0, 0.05) is 25.3 Å². The van der Waals surface area contributed by atoms with E-state index in [2.05, 4.69) is 55.3 Å². The number of hydrogen-bond acceptors (Lipinski definition) is 5. The summed E-state index contributed by atoms with van der Waals surface area (Å²) in [6, 6.07) is 14.2. The van der Waals surface area contributed by atoms with Crippen LogP contribution in [0, 0.1) is 0 Å². The Balaban J connectivity index is 1.58. The SMILES string of the molecule is CC(CC(C)(C)c1ccccc1)Nc1ccc(C(=O)N2CCS(=O)(=O)CC2)cn1. The zero-order chi connectivity index (χ0) is 21.1. The van der Waals surface area contributed by atoms with E-state index in [-0.39, 0.29) is 42.0 Å². The normalized spacial score (nSPS) is 17.6. The van der Waals surface area contributed by atoms with Gasteiger partial charge >= 0.3 is 0 Å². The van der Waals surface area contributed by atoms with Crippen molar-refractivity contribution >= 4 is 21.6 Å². The summed E-state index contributed by atoms with van der Waals surface area (Å²) < 4.78 is 23.1. The average Bonchev–Trinajstić information content (AvgIpc) is 2.68. The van der Waals surface area contributed by atoms with Crippen molar-refractivity contribution in [2.45, 2.75) is 38.6 Å². The first kappa shape index (κ1) is 21.3. The van der Waals surface area contributed by atoms with Gasteiger partial charge in [-0.2, -0.15) is 0 Å². The summed E-state index contributed by atoms with van der Waals surface area (Å²) in [6.45, 7) is 7.07. The van der Waals surface area contributed by atoms with E-state index in [1.54, 1.807) is 23.2 Å². The first-order valence-electron chi connectivity index (χ1n) is 9.94. The van der Waals surface area contributed by atoms with Crippen LogP contribution >= 0.6 is 0 Å². The van der Waals surface area contributed by atoms with Crippen LogP contribution < -0.4 is 5.32 Å². The number of sulfone groups is 1. The standard InChI is InChI=1S/C22H29N3O3S/c1-17(15-22(2,3)19-7-5-4-6-8-19)24-20-10-9-18(16-23-20)21(26)25-11-13-29(27,28)14-12-25/h4-10,16-17H,11-15H2,1-3H3,(H,23,24). The molecule has 1 aliphatic rings. The summed E-state index contributed by atoms with van der Waals surface area (Å²) >= 11 is 0. The molecule has 29 heavy (non-hydrogen) atoms. The third-order valence-corrected chi connectivity index (χ3v) is 7.02. The van der Waals surface area contributed by atoms with E-state index in [9.17, 15) is 13.2 Å². The van der Waals surface area contributed by atoms with Gasteiger partial charge in [-0.05, 0) is 36.5 Å². The third kappa shape index (κ3) is 5.56. The number of amides is 1. The van der Waals surface area contributed by atoms with E-state index in [0.717, 1.165) is 12.2 Å². The van der Waals surface area contributed by atoms with Crippen molar-refractivity contribution in [1.82, 2.24) is 9.88 Å². The highest BCUT2D eigenvalue weighted by Crippen LogP contribution is 2.29. The van der Waals surface area contributed by atoms with Crippen molar-refractivity contribution in [3.8, 4) is 0 Å². The van der Waals surface area contributed by atoms with E-state index in [1.165, 1.54) is 5.56 Å². The molecule has 3 rings (SSSR count). The molecule has 2 heterocycles. The van der Waals surface area contributed by atoms with Gasteiger partial charge in [-0.25, -0.2) is 13.4 Å². The lowest BCUT2D eigenvalue weighted by molar-refractivity contribution is 0.0770. The molecule has 0 aliphatic carbocycles. The fourth-order valence-electron chi connectivity index (χ4n) is 3.78. The van der Waals surface area contributed by atoms with Crippen LogP contribution in [0.5, 0.6) is 0 Å². The van der Waals surface area contributed by atoms with E-state index >= 15 is 0 Å². The maximum Gasteiger partial charge on any atom is 0.255 e. The van der Waals surface area contributed by atoms with E-state index in [4.69, 9.17) is 0 Å². The van der Waals surface area contributed by atoms with Crippen LogP contribution in [0.2, 0.25) is 0 Å². The molecule has 0 bridgehead atoms. The molecule has 1 saturated heterocycles. The lowest BCUT2D eigenvalue weighted by Gasteiger charge is -2.29. The second kappa shape index (κ2) is 8.53. The first-order chi connectivity index (χ1) is 13.7. The Morgan fingerprint density at radius 3 is 2.38 bits per heavy atom. The van der Waals surface area contributed by atoms with Crippen LogP contribution in [0.15, 0.2) is 48.7 Å². The molecule has 1 amide bonds. The number of pyridine rings is 1. The molecule has 1 aliphatic heterocycles. The third-order valence-electron chi connectivity index (χ3n) is 5.41. The van der Waals surface area contributed by atoms with Crippen LogP contribution in [0.1, 0.15) is 43.1 Å². The Bertz CT molecular complexity index is 927. The number of aromatic nitrogens is 1. The van der Waals surface area contributed by atoms with Gasteiger partial charge in [0.25, 0.3) is 5.91 Å². The Labute approximate surface area is 173 Å². The van der Waals surface area contributed by atoms with Crippen LogP contribution in [0.4, 0.5) is 5.82 Å². The number of hydrogen-bond donors (Lipinski definition) is 1. The lowest BCUT2D eigenvalue weighted by atomic mass is 9.79. The predicted molar refractivity (Wildman–Crippen MR) is 116 cm³/mol. The molecule has 1 fully saturated rings. The van der Waals surface area contributed by atoms with Gasteiger partial charge in [-0.1, -0.05) is 44.2 Å². The first-order valence-corrected chi connectivity index (χ1v) is 11.8. The van der Waals surface area contributed by atoms with Crippen molar-refractivity contribution in [1.29, 1.82) is 0 Å². The Morgan fingerprint density at radius 2 is 1.79 bits per heavy atom. The quantitative estimate of drug-likeness (QED) is 0.784. The van der Waals surface area contributed by atoms with Crippen LogP contribution in [0.25, 0.3) is 0 Å². The highest BCUT2D eigenvalue weighted by molar-refractivity contribution is 7.91. The molecule has 1 aromatic heterocycles. The largest absolute Gasteiger partial charge is 0.368 e. The Morgan fingerprint density at radius 1 is 1.14 bits per heavy atom. The number of rotatable bonds is 6. The molecular formula is C22H29N3O3S. The Kier molecular flexibility index (Phi) is 6.27. The van der Waals surface area contributed by atoms with Gasteiger partial charge in [0.2, 0.25) is 0 Å². The smallest absolute Gasteiger partial charge is 0.255 e. The van der Waals surface area contributed by atoms with Gasteiger partial charge in [0.05, 0.1) is 17.1 Å². The summed E-state index contributed by atoms with van der Waals surface area (Å²) in [5, 5.41) is 3.41. The minimum absolute atomic E-state index is 0.0260. The molecule has 1 unspecified atom stereocenters. The summed E-state index contributed by atoms with van der Waals surface area (Å²) in [6.07, 6.45) is 2.49. The lowest BCUT2D eigenvalue weighted by Crippen LogP contribution is -2.43. The van der Waals surface area contributed by atoms with E-state index < -0.39 is 9.84 Å². The fourth-order valence-corrected chi connectivity index (χ4v) is 4.98. The summed E-state index contributed by atoms with van der Waals surface area (Å²) in [4.78, 5) is 18.5. The number of nitrogens with zero attached hydrogens (tertiary/aromatic N) is 2. The number of carbonyl (C=O) groups is 1. The molecule has 7 heteroatoms. The number of nitrogens with one attached hydrogen (secondary N) is 1. The molecule has 0 spiro atoms. The number of benzene rings is 1. The van der Waals surface area contributed by atoms with Crippen molar-refractivity contribution < 1.29 is 13.2 Å². The molecule has 1 aromatic carbocycles. The van der Waals surface area contributed by atoms with Crippen molar-refractivity contribution in [2.75, 3.05) is 29.9 Å². The molecule has 2 aromatic rings. The van der Waals surface area contributed by atoms with Gasteiger partial charge in [-0.15, -0.1) is 0 Å². The molecule has 0 radical (unpaired) electrons. The maximum atomic E-state index is 12.6. The topological polar surface area (TPSA) is 79.4 Å². The summed E-state index contributed by atoms with van der Waals surface area (Å²) in [5.41, 5.74) is 1.80.